The van der Waals surface area contributed by atoms with Crippen LogP contribution in [0.5, 0.6) is 0 Å². The molecule has 0 saturated carbocycles. The molecule has 1 aromatic carbocycles. The van der Waals surface area contributed by atoms with Gasteiger partial charge in [-0.25, -0.2) is 0 Å². The molecule has 2 amide bonds. The molecular formula is C21H29N5O2. The van der Waals surface area contributed by atoms with Crippen LogP contribution in [0.3, 0.4) is 0 Å². The summed E-state index contributed by atoms with van der Waals surface area (Å²) in [4.78, 5) is 29.2. The molecule has 0 radical (unpaired) electrons. The molecule has 2 aromatic rings. The summed E-state index contributed by atoms with van der Waals surface area (Å²) in [5, 5.41) is 6.89. The first-order valence-electron chi connectivity index (χ1n) is 9.82. The molecule has 0 unspecified atom stereocenters. The number of carbonyl (C=O) groups excluding carboxylic acids is 2. The molecule has 1 fully saturated rings. The summed E-state index contributed by atoms with van der Waals surface area (Å²) in [6, 6.07) is 11.9. The van der Waals surface area contributed by atoms with Crippen molar-refractivity contribution in [1.29, 1.82) is 0 Å². The van der Waals surface area contributed by atoms with Crippen molar-refractivity contribution in [3.05, 3.63) is 53.9 Å². The van der Waals surface area contributed by atoms with Crippen LogP contribution in [-0.2, 0) is 29.5 Å². The van der Waals surface area contributed by atoms with E-state index >= 15 is 0 Å². The number of hydrogen-bond acceptors (Lipinski definition) is 4. The summed E-state index contributed by atoms with van der Waals surface area (Å²) in [5.74, 6) is 0.0648. The van der Waals surface area contributed by atoms with Crippen LogP contribution < -0.4 is 5.32 Å². The Balaban J connectivity index is 1.57. The van der Waals surface area contributed by atoms with E-state index in [-0.39, 0.29) is 17.9 Å². The standard InChI is InChI=1S/C21H29N5O2/c1-22-21(28)19-16-26(20(27)9-8-18-10-12-23-24(18)2)15-14-25(19)13-11-17-6-4-3-5-7-17/h3-7,10,12,19H,8-9,11,13-16H2,1-2H3,(H,22,28)/t19-/m1/s1. The monoisotopic (exact) mass is 383 g/mol. The molecule has 1 N–H and O–H groups in total. The van der Waals surface area contributed by atoms with Crippen molar-refractivity contribution in [2.24, 2.45) is 7.05 Å². The third kappa shape index (κ3) is 4.98. The number of benzene rings is 1. The molecule has 0 spiro atoms. The van der Waals surface area contributed by atoms with Gasteiger partial charge in [0.2, 0.25) is 11.8 Å². The van der Waals surface area contributed by atoms with E-state index in [0.717, 1.165) is 18.7 Å². The van der Waals surface area contributed by atoms with E-state index in [0.29, 0.717) is 32.5 Å². The Hall–Kier alpha value is -2.67. The number of nitrogens with zero attached hydrogens (tertiary/aromatic N) is 4. The smallest absolute Gasteiger partial charge is 0.238 e. The minimum Gasteiger partial charge on any atom is -0.358 e. The zero-order valence-electron chi connectivity index (χ0n) is 16.7. The van der Waals surface area contributed by atoms with Gasteiger partial charge in [0.05, 0.1) is 0 Å². The van der Waals surface area contributed by atoms with Crippen LogP contribution in [0, 0.1) is 0 Å². The summed E-state index contributed by atoms with van der Waals surface area (Å²) in [5.41, 5.74) is 2.30. The van der Waals surface area contributed by atoms with Crippen LogP contribution in [0.1, 0.15) is 17.7 Å². The lowest BCUT2D eigenvalue weighted by Gasteiger charge is -2.40. The van der Waals surface area contributed by atoms with E-state index < -0.39 is 0 Å². The predicted molar refractivity (Wildman–Crippen MR) is 108 cm³/mol. The molecule has 7 heteroatoms. The highest BCUT2D eigenvalue weighted by Gasteiger charge is 2.33. The number of carbonyl (C=O) groups is 2. The normalized spacial score (nSPS) is 17.5. The maximum absolute atomic E-state index is 12.7. The van der Waals surface area contributed by atoms with Crippen molar-refractivity contribution in [2.75, 3.05) is 33.2 Å². The molecule has 0 aliphatic carbocycles. The molecule has 150 valence electrons. The molecule has 1 atom stereocenters. The summed E-state index contributed by atoms with van der Waals surface area (Å²) in [7, 11) is 3.54. The number of rotatable bonds is 7. The van der Waals surface area contributed by atoms with Crippen LogP contribution in [0.2, 0.25) is 0 Å². The fraction of sp³-hybridized carbons (Fsp3) is 0.476. The molecule has 1 aromatic heterocycles. The highest BCUT2D eigenvalue weighted by molar-refractivity contribution is 5.83. The third-order valence-corrected chi connectivity index (χ3v) is 5.44. The van der Waals surface area contributed by atoms with Gasteiger partial charge in [0.25, 0.3) is 0 Å². The lowest BCUT2D eigenvalue weighted by atomic mass is 10.1. The highest BCUT2D eigenvalue weighted by atomic mass is 16.2. The van der Waals surface area contributed by atoms with Crippen molar-refractivity contribution < 1.29 is 9.59 Å². The van der Waals surface area contributed by atoms with Gasteiger partial charge in [-0.3, -0.25) is 19.2 Å². The van der Waals surface area contributed by atoms with Gasteiger partial charge in [-0.1, -0.05) is 30.3 Å². The molecule has 28 heavy (non-hydrogen) atoms. The summed E-state index contributed by atoms with van der Waals surface area (Å²) < 4.78 is 1.79. The number of likely N-dealkylation sites (N-methyl/N-ethyl adjacent to an activating group) is 1. The minimum absolute atomic E-state index is 0.0304. The first-order valence-corrected chi connectivity index (χ1v) is 9.82. The number of nitrogens with one attached hydrogen (secondary N) is 1. The maximum Gasteiger partial charge on any atom is 0.238 e. The predicted octanol–water partition coefficient (Wildman–Crippen LogP) is 0.854. The second kappa shape index (κ2) is 9.50. The second-order valence-corrected chi connectivity index (χ2v) is 7.19. The second-order valence-electron chi connectivity index (χ2n) is 7.19. The van der Waals surface area contributed by atoms with Crippen molar-refractivity contribution in [1.82, 2.24) is 24.9 Å². The average Bonchev–Trinajstić information content (AvgIpc) is 3.15. The lowest BCUT2D eigenvalue weighted by Crippen LogP contribution is -2.60. The van der Waals surface area contributed by atoms with Crippen LogP contribution >= 0.6 is 0 Å². The van der Waals surface area contributed by atoms with Gasteiger partial charge in [-0.2, -0.15) is 5.10 Å². The Morgan fingerprint density at radius 3 is 2.61 bits per heavy atom. The number of piperazine rings is 1. The fourth-order valence-corrected chi connectivity index (χ4v) is 3.69. The Morgan fingerprint density at radius 2 is 1.93 bits per heavy atom. The van der Waals surface area contributed by atoms with Gasteiger partial charge in [-0.15, -0.1) is 0 Å². The van der Waals surface area contributed by atoms with Gasteiger partial charge < -0.3 is 10.2 Å². The van der Waals surface area contributed by atoms with Crippen LogP contribution in [0.4, 0.5) is 0 Å². The summed E-state index contributed by atoms with van der Waals surface area (Å²) >= 11 is 0. The molecule has 3 rings (SSSR count). The topological polar surface area (TPSA) is 70.5 Å². The molecule has 0 bridgehead atoms. The quantitative estimate of drug-likeness (QED) is 0.770. The van der Waals surface area contributed by atoms with Crippen LogP contribution in [0.15, 0.2) is 42.6 Å². The van der Waals surface area contributed by atoms with Gasteiger partial charge in [-0.05, 0) is 24.5 Å². The van der Waals surface area contributed by atoms with Crippen molar-refractivity contribution in [2.45, 2.75) is 25.3 Å². The lowest BCUT2D eigenvalue weighted by molar-refractivity contribution is -0.138. The molecule has 1 saturated heterocycles. The van der Waals surface area contributed by atoms with E-state index in [2.05, 4.69) is 27.4 Å². The van der Waals surface area contributed by atoms with E-state index in [1.165, 1.54) is 5.56 Å². The maximum atomic E-state index is 12.7. The Morgan fingerprint density at radius 1 is 1.14 bits per heavy atom. The Kier molecular flexibility index (Phi) is 6.81. The summed E-state index contributed by atoms with van der Waals surface area (Å²) in [6.07, 6.45) is 3.73. The molecule has 1 aliphatic rings. The number of amides is 2. The van der Waals surface area contributed by atoms with E-state index in [1.807, 2.05) is 36.2 Å². The van der Waals surface area contributed by atoms with Crippen molar-refractivity contribution >= 4 is 11.8 Å². The Bertz CT molecular complexity index is 789. The third-order valence-electron chi connectivity index (χ3n) is 5.44. The molecular weight excluding hydrogens is 354 g/mol. The molecule has 7 nitrogen and oxygen atoms in total. The van der Waals surface area contributed by atoms with Crippen molar-refractivity contribution in [3.8, 4) is 0 Å². The Labute approximate surface area is 166 Å². The van der Waals surface area contributed by atoms with Gasteiger partial charge >= 0.3 is 0 Å². The average molecular weight is 383 g/mol. The van der Waals surface area contributed by atoms with Gasteiger partial charge in [0, 0.05) is 58.6 Å². The van der Waals surface area contributed by atoms with Crippen LogP contribution in [0.25, 0.3) is 0 Å². The first-order chi connectivity index (χ1) is 13.6. The highest BCUT2D eigenvalue weighted by Crippen LogP contribution is 2.14. The SMILES string of the molecule is CNC(=O)[C@H]1CN(C(=O)CCc2ccnn2C)CCN1CCc1ccccc1. The summed E-state index contributed by atoms with van der Waals surface area (Å²) in [6.45, 7) is 2.62. The largest absolute Gasteiger partial charge is 0.358 e. The van der Waals surface area contributed by atoms with Crippen molar-refractivity contribution in [3.63, 3.8) is 0 Å². The fourth-order valence-electron chi connectivity index (χ4n) is 3.69. The van der Waals surface area contributed by atoms with E-state index in [4.69, 9.17) is 0 Å². The van der Waals surface area contributed by atoms with Gasteiger partial charge in [0.1, 0.15) is 6.04 Å². The van der Waals surface area contributed by atoms with Gasteiger partial charge in [0.15, 0.2) is 0 Å². The first kappa shape index (κ1) is 20.1. The van der Waals surface area contributed by atoms with Crippen LogP contribution in [-0.4, -0.2) is 70.7 Å². The molecule has 2 heterocycles. The number of aryl methyl sites for hydroxylation is 2. The van der Waals surface area contributed by atoms with E-state index in [1.54, 1.807) is 17.9 Å². The number of aromatic nitrogens is 2. The minimum atomic E-state index is -0.303. The van der Waals surface area contributed by atoms with E-state index in [9.17, 15) is 9.59 Å². The molecule has 1 aliphatic heterocycles. The number of hydrogen-bond donors (Lipinski definition) is 1. The zero-order chi connectivity index (χ0) is 19.9. The zero-order valence-corrected chi connectivity index (χ0v) is 16.7.